The summed E-state index contributed by atoms with van der Waals surface area (Å²) < 4.78 is 14.6. The summed E-state index contributed by atoms with van der Waals surface area (Å²) in [6.07, 6.45) is -0.992. The molecular formula is C74H70Cl2N12O22. The van der Waals surface area contributed by atoms with Crippen LogP contribution < -0.4 is 73.5 Å². The number of nitrogens with zero attached hydrogens (tertiary/aromatic N) is 3. The number of hydrogen-bond donors (Lipinski definition) is 9. The van der Waals surface area contributed by atoms with Gasteiger partial charge in [-0.05, 0) is 78.9 Å². The van der Waals surface area contributed by atoms with E-state index >= 15 is 0 Å². The fourth-order valence-corrected chi connectivity index (χ4v) is 12.7. The number of cyclic esters (lactones) is 2. The van der Waals surface area contributed by atoms with Gasteiger partial charge in [0.05, 0.1) is 64.1 Å². The molecule has 572 valence electrons. The van der Waals surface area contributed by atoms with Crippen LogP contribution in [0.2, 0.25) is 0 Å². The first-order valence-electron chi connectivity index (χ1n) is 33.5. The molecule has 4 saturated heterocycles. The second kappa shape index (κ2) is 35.1. The number of fused-ring (bicyclic) bond motifs is 4. The number of halogens is 2. The molecule has 6 aromatic carbocycles. The number of nitrogens with one attached hydrogen (secondary N) is 7. The lowest BCUT2D eigenvalue weighted by atomic mass is 9.86. The average molecular weight is 1550 g/mol. The SMILES string of the molecule is CC(=O)NCC1(N2C(=O)c3ccccc3C2=O)CCC(=O)NC1=O.O=C1CCC(CNC(=O)OCc2ccccc2)(N2C(=O)c3ccccc3C2=O)C(=O)N1.O=C1OC(=O)c2ccccc21.[Cl-].[Cl-].[NH3+]C1(CNC(=O)OCc2ccccc2)CCC(=O)NC1=O.[NH3+]CC1(N2C(=O)c3ccccc3C2=O)CCC(=O)NC1=O. The summed E-state index contributed by atoms with van der Waals surface area (Å²) in [5.74, 6) is -9.43. The van der Waals surface area contributed by atoms with E-state index in [2.05, 4.69) is 53.4 Å². The van der Waals surface area contributed by atoms with Gasteiger partial charge in [-0.2, -0.15) is 0 Å². The second-order valence-corrected chi connectivity index (χ2v) is 25.6. The van der Waals surface area contributed by atoms with Crippen LogP contribution in [0.1, 0.15) is 152 Å². The molecule has 34 nitrogen and oxygen atoms in total. The number of quaternary nitrogens is 2. The van der Waals surface area contributed by atoms with Crippen LogP contribution in [0, 0.1) is 0 Å². The van der Waals surface area contributed by atoms with Gasteiger partial charge in [0.25, 0.3) is 59.1 Å². The Morgan fingerprint density at radius 2 is 0.655 bits per heavy atom. The first-order valence-corrected chi connectivity index (χ1v) is 33.5. The summed E-state index contributed by atoms with van der Waals surface area (Å²) in [5, 5.41) is 16.2. The van der Waals surface area contributed by atoms with Gasteiger partial charge in [0.15, 0.2) is 11.1 Å². The van der Waals surface area contributed by atoms with Crippen LogP contribution in [-0.4, -0.2) is 176 Å². The van der Waals surface area contributed by atoms with Gasteiger partial charge >= 0.3 is 24.1 Å². The minimum atomic E-state index is -1.74. The van der Waals surface area contributed by atoms with Gasteiger partial charge in [-0.25, -0.2) is 19.2 Å². The van der Waals surface area contributed by atoms with E-state index in [1.807, 2.05) is 36.4 Å². The number of alkyl carbamates (subject to hydrolysis) is 2. The maximum Gasteiger partial charge on any atom is 0.407 e. The summed E-state index contributed by atoms with van der Waals surface area (Å²) in [4.78, 5) is 231. The number of hydrogen-bond acceptors (Lipinski definition) is 22. The molecule has 0 spiro atoms. The normalized spacial score (nSPS) is 21.1. The molecule has 13 N–H and O–H groups in total. The van der Waals surface area contributed by atoms with Crippen molar-refractivity contribution in [3.63, 3.8) is 0 Å². The number of rotatable bonds is 14. The number of esters is 2. The van der Waals surface area contributed by atoms with Crippen molar-refractivity contribution in [1.29, 1.82) is 0 Å². The van der Waals surface area contributed by atoms with Crippen LogP contribution in [-0.2, 0) is 70.6 Å². The smallest absolute Gasteiger partial charge is 0.407 e. The van der Waals surface area contributed by atoms with Crippen LogP contribution >= 0.6 is 0 Å². The summed E-state index contributed by atoms with van der Waals surface area (Å²) in [6.45, 7) is 0.857. The van der Waals surface area contributed by atoms with Gasteiger partial charge in [-0.1, -0.05) is 109 Å². The molecule has 8 heterocycles. The van der Waals surface area contributed by atoms with Crippen LogP contribution in [0.5, 0.6) is 0 Å². The average Bonchev–Trinajstić information content (AvgIpc) is 1.57. The van der Waals surface area contributed by atoms with Crippen molar-refractivity contribution >= 4 is 113 Å². The van der Waals surface area contributed by atoms with Crippen LogP contribution in [0.25, 0.3) is 0 Å². The van der Waals surface area contributed by atoms with E-state index in [4.69, 9.17) is 9.47 Å². The number of amides is 17. The van der Waals surface area contributed by atoms with E-state index in [1.165, 1.54) is 31.2 Å². The fraction of sp³-hybridized carbons (Fsp3) is 0.257. The van der Waals surface area contributed by atoms with Crippen LogP contribution in [0.4, 0.5) is 9.59 Å². The number of benzene rings is 6. The molecule has 6 aromatic rings. The third-order valence-corrected chi connectivity index (χ3v) is 18.7. The summed E-state index contributed by atoms with van der Waals surface area (Å²) >= 11 is 0. The van der Waals surface area contributed by atoms with Gasteiger partial charge in [-0.15, -0.1) is 0 Å². The fourth-order valence-electron chi connectivity index (χ4n) is 12.7. The maximum atomic E-state index is 13.0. The monoisotopic (exact) mass is 1550 g/mol. The Morgan fingerprint density at radius 3 is 0.964 bits per heavy atom. The van der Waals surface area contributed by atoms with E-state index in [0.717, 1.165) is 25.8 Å². The lowest BCUT2D eigenvalue weighted by Crippen LogP contribution is -3.00. The summed E-state index contributed by atoms with van der Waals surface area (Å²) in [5.41, 5.74) is 5.40. The largest absolute Gasteiger partial charge is 1.00 e. The molecule has 14 rings (SSSR count). The molecular weight excluding hydrogens is 1480 g/mol. The van der Waals surface area contributed by atoms with Crippen LogP contribution in [0.15, 0.2) is 158 Å². The van der Waals surface area contributed by atoms with E-state index < -0.39 is 129 Å². The number of ether oxygens (including phenoxy) is 3. The number of carbonyl (C=O) groups excluding carboxylic acids is 19. The van der Waals surface area contributed by atoms with Crippen molar-refractivity contribution in [3.8, 4) is 0 Å². The molecule has 8 aliphatic rings. The van der Waals surface area contributed by atoms with E-state index in [0.29, 0.717) is 17.5 Å². The summed E-state index contributed by atoms with van der Waals surface area (Å²) in [7, 11) is 0. The zero-order valence-corrected chi connectivity index (χ0v) is 59.9. The number of imide groups is 7. The molecule has 0 radical (unpaired) electrons. The molecule has 0 saturated carbocycles. The Labute approximate surface area is 636 Å². The first kappa shape index (κ1) is 82.6. The first-order chi connectivity index (χ1) is 51.6. The maximum absolute atomic E-state index is 13.0. The Balaban J connectivity index is 0.000000177. The zero-order chi connectivity index (χ0) is 77.8. The van der Waals surface area contributed by atoms with E-state index in [-0.39, 0.29) is 148 Å². The van der Waals surface area contributed by atoms with Crippen LogP contribution in [0.3, 0.4) is 0 Å². The van der Waals surface area contributed by atoms with E-state index in [1.54, 1.807) is 97.1 Å². The minimum absolute atomic E-state index is 0. The molecule has 17 amide bonds. The summed E-state index contributed by atoms with van der Waals surface area (Å²) in [6, 6.07) is 43.7. The zero-order valence-electron chi connectivity index (χ0n) is 58.4. The third kappa shape index (κ3) is 17.3. The van der Waals surface area contributed by atoms with Gasteiger partial charge in [-0.3, -0.25) is 108 Å². The molecule has 0 aliphatic carbocycles. The molecule has 0 bridgehead atoms. The lowest BCUT2D eigenvalue weighted by Gasteiger charge is -2.41. The third-order valence-electron chi connectivity index (χ3n) is 18.7. The highest BCUT2D eigenvalue weighted by atomic mass is 35.5. The van der Waals surface area contributed by atoms with Crippen molar-refractivity contribution in [2.45, 2.75) is 93.7 Å². The van der Waals surface area contributed by atoms with Crippen molar-refractivity contribution < 1.29 is 142 Å². The topological polar surface area (TPSA) is 501 Å². The highest BCUT2D eigenvalue weighted by molar-refractivity contribution is 6.27. The minimum Gasteiger partial charge on any atom is -1.00 e. The van der Waals surface area contributed by atoms with Crippen molar-refractivity contribution in [1.82, 2.24) is 51.9 Å². The molecule has 4 atom stereocenters. The molecule has 4 fully saturated rings. The molecule has 4 unspecified atom stereocenters. The van der Waals surface area contributed by atoms with Gasteiger partial charge < -0.3 is 66.4 Å². The Bertz CT molecular complexity index is 4660. The van der Waals surface area contributed by atoms with Gasteiger partial charge in [0, 0.05) is 39.0 Å². The predicted octanol–water partition coefficient (Wildman–Crippen LogP) is -5.99. The van der Waals surface area contributed by atoms with Crippen molar-refractivity contribution in [3.05, 3.63) is 213 Å². The highest BCUT2D eigenvalue weighted by Gasteiger charge is 2.59. The standard InChI is InChI=1S/C22H19N3O6.C16H15N3O5.C14H13N3O4.C14H17N3O4.C8H4O3.2ClH/c26-17-10-11-22(20(29)24-17,13-23-21(30)31-12-14-6-2-1-3-7-14)25-18(27)15-8-4-5-9-16(15)19(25)28;1-9(20)17-8-16(7-6-12(21)18-15(16)24)19-13(22)10-4-2-3-5-11(10)14(19)23;15-7-14(6-5-10(18)16-13(14)21)17-11(19)8-3-1-2-4-9(8)12(17)20;15-14(7-6-11(18)17-12(14)19)9-16-13(20)21-8-10-4-2-1-3-5-10;9-7-5-3-1-2-4-6(5)8(10)11-7;;/h1-9H,10-13H2,(H,23,30)(H,24,26,29);2-5H,6-8H2,1H3,(H,17,20)(H,18,21,24);1-4H,5-7,15H2,(H,16,18,21);1-5H,6-9,15H2,(H,16,20)(H,17,18,19);1-4H;2*1H. The number of piperidine rings is 4. The second-order valence-electron chi connectivity index (χ2n) is 25.6. The Hall–Kier alpha value is -13.1. The molecule has 110 heavy (non-hydrogen) atoms. The number of carbonyl (C=O) groups is 19. The molecule has 8 aliphatic heterocycles. The van der Waals surface area contributed by atoms with Gasteiger partial charge in [0.2, 0.25) is 29.5 Å². The van der Waals surface area contributed by atoms with Crippen molar-refractivity contribution in [2.75, 3.05) is 26.2 Å². The lowest BCUT2D eigenvalue weighted by molar-refractivity contribution is -0.457. The molecule has 0 aromatic heterocycles. The van der Waals surface area contributed by atoms with E-state index in [9.17, 15) is 91.1 Å². The molecule has 36 heteroatoms. The van der Waals surface area contributed by atoms with Gasteiger partial charge in [0.1, 0.15) is 30.8 Å². The highest BCUT2D eigenvalue weighted by Crippen LogP contribution is 2.37. The quantitative estimate of drug-likeness (QED) is 0.0212. The Kier molecular flexibility index (Phi) is 26.4. The predicted molar refractivity (Wildman–Crippen MR) is 366 cm³/mol. The Morgan fingerprint density at radius 1 is 0.382 bits per heavy atom. The van der Waals surface area contributed by atoms with Crippen molar-refractivity contribution in [2.24, 2.45) is 0 Å².